The highest BCUT2D eigenvalue weighted by molar-refractivity contribution is 6.20. The Bertz CT molecular complexity index is 2360. The van der Waals surface area contributed by atoms with Crippen molar-refractivity contribution in [2.45, 2.75) is 32.6 Å². The van der Waals surface area contributed by atoms with Gasteiger partial charge in [0.15, 0.2) is 0 Å². The van der Waals surface area contributed by atoms with Gasteiger partial charge in [0.25, 0.3) is 0 Å². The molecule has 0 amide bonds. The van der Waals surface area contributed by atoms with Crippen molar-refractivity contribution < 1.29 is 0 Å². The van der Waals surface area contributed by atoms with E-state index < -0.39 is 0 Å². The fourth-order valence-corrected chi connectivity index (χ4v) is 7.31. The molecule has 0 saturated heterocycles. The maximum Gasteiger partial charge on any atom is 0.0495 e. The summed E-state index contributed by atoms with van der Waals surface area (Å²) >= 11 is 0. The van der Waals surface area contributed by atoms with E-state index in [4.69, 9.17) is 0 Å². The third-order valence-electron chi connectivity index (χ3n) is 9.52. The van der Waals surface area contributed by atoms with Gasteiger partial charge >= 0.3 is 0 Å². The van der Waals surface area contributed by atoms with E-state index in [1.54, 1.807) is 0 Å². The number of rotatable bonds is 5. The monoisotopic (exact) mass is 615 g/mol. The molecule has 1 N–H and O–H groups in total. The van der Waals surface area contributed by atoms with Crippen LogP contribution < -0.4 is 5.32 Å². The van der Waals surface area contributed by atoms with Crippen LogP contribution in [0.2, 0.25) is 0 Å². The van der Waals surface area contributed by atoms with Crippen LogP contribution in [-0.2, 0) is 6.42 Å². The molecule has 1 heterocycles. The molecule has 1 aliphatic heterocycles. The average molecular weight is 616 g/mol. The van der Waals surface area contributed by atoms with Gasteiger partial charge in [-0.25, -0.2) is 0 Å². The van der Waals surface area contributed by atoms with Crippen molar-refractivity contribution >= 4 is 38.8 Å². The van der Waals surface area contributed by atoms with E-state index in [1.165, 1.54) is 82.9 Å². The molecule has 4 aromatic rings. The zero-order chi connectivity index (χ0) is 32.3. The number of allylic oxidation sites excluding steroid dienone is 17. The Labute approximate surface area is 283 Å². The van der Waals surface area contributed by atoms with E-state index in [9.17, 15) is 0 Å². The lowest BCUT2D eigenvalue weighted by atomic mass is 9.82. The summed E-state index contributed by atoms with van der Waals surface area (Å²) in [5.41, 5.74) is 13.8. The topological polar surface area (TPSA) is 12.0 Å². The van der Waals surface area contributed by atoms with E-state index in [-0.39, 0.29) is 0 Å². The van der Waals surface area contributed by atoms with Gasteiger partial charge in [0.1, 0.15) is 0 Å². The summed E-state index contributed by atoms with van der Waals surface area (Å²) in [4.78, 5) is 0. The number of hydrogen-bond acceptors (Lipinski definition) is 1. The highest BCUT2D eigenvalue weighted by Gasteiger charge is 2.21. The lowest BCUT2D eigenvalue weighted by molar-refractivity contribution is 1.05. The predicted octanol–water partition coefficient (Wildman–Crippen LogP) is 11.7. The highest BCUT2D eigenvalue weighted by Crippen LogP contribution is 2.44. The van der Waals surface area contributed by atoms with Crippen LogP contribution in [0.1, 0.15) is 48.4 Å². The lowest BCUT2D eigenvalue weighted by Gasteiger charge is -2.23. The highest BCUT2D eigenvalue weighted by atomic mass is 14.9. The quantitative estimate of drug-likeness (QED) is 0.174. The number of dihydropyridines is 1. The fraction of sp³-hybridized carbons (Fsp3) is 0.106. The lowest BCUT2D eigenvalue weighted by Crippen LogP contribution is -2.13. The molecule has 0 unspecified atom stereocenters. The van der Waals surface area contributed by atoms with Gasteiger partial charge in [0.05, 0.1) is 0 Å². The fourth-order valence-electron chi connectivity index (χ4n) is 7.31. The molecular weight excluding hydrogens is 579 g/mol. The molecule has 3 aliphatic carbocycles. The number of benzene rings is 4. The molecule has 0 fully saturated rings. The number of hydrogen-bond donors (Lipinski definition) is 1. The SMILES string of the molecule is CC/C=C(\C=C1\C=CC=CC1)c1c2ccccc2c(-c2ccc3c(c2)CC#CC=C3)c2ccc(C3=CC=CN/C3=C3/C=CC=CC3)cc12. The average Bonchev–Trinajstić information content (AvgIpc) is 3.39. The van der Waals surface area contributed by atoms with Crippen LogP contribution in [0.3, 0.4) is 0 Å². The minimum atomic E-state index is 0.753. The second-order valence-electron chi connectivity index (χ2n) is 12.6. The molecule has 0 bridgehead atoms. The molecule has 1 heteroatoms. The molecule has 4 aliphatic rings. The van der Waals surface area contributed by atoms with Crippen LogP contribution in [-0.4, -0.2) is 0 Å². The molecule has 0 spiro atoms. The normalized spacial score (nSPS) is 18.9. The summed E-state index contributed by atoms with van der Waals surface area (Å²) < 4.78 is 0. The van der Waals surface area contributed by atoms with Crippen molar-refractivity contribution in [3.63, 3.8) is 0 Å². The van der Waals surface area contributed by atoms with Gasteiger partial charge in [-0.3, -0.25) is 0 Å². The molecule has 8 rings (SSSR count). The summed E-state index contributed by atoms with van der Waals surface area (Å²) in [7, 11) is 0. The molecular formula is C47H37N. The van der Waals surface area contributed by atoms with Crippen molar-refractivity contribution in [2.75, 3.05) is 0 Å². The van der Waals surface area contributed by atoms with E-state index >= 15 is 0 Å². The molecule has 0 radical (unpaired) electrons. The summed E-state index contributed by atoms with van der Waals surface area (Å²) in [5.74, 6) is 6.48. The summed E-state index contributed by atoms with van der Waals surface area (Å²) in [6.45, 7) is 2.24. The van der Waals surface area contributed by atoms with E-state index in [2.05, 4.69) is 164 Å². The Morgan fingerprint density at radius 2 is 1.62 bits per heavy atom. The molecule has 4 aromatic carbocycles. The van der Waals surface area contributed by atoms with E-state index in [1.807, 2.05) is 12.3 Å². The predicted molar refractivity (Wildman–Crippen MR) is 207 cm³/mol. The largest absolute Gasteiger partial charge is 0.361 e. The maximum atomic E-state index is 3.59. The van der Waals surface area contributed by atoms with Crippen molar-refractivity contribution in [1.29, 1.82) is 0 Å². The van der Waals surface area contributed by atoms with Crippen LogP contribution in [0.15, 0.2) is 163 Å². The van der Waals surface area contributed by atoms with Crippen LogP contribution >= 0.6 is 0 Å². The van der Waals surface area contributed by atoms with Gasteiger partial charge in [-0.1, -0.05) is 134 Å². The maximum absolute atomic E-state index is 3.59. The first-order valence-corrected chi connectivity index (χ1v) is 17.0. The summed E-state index contributed by atoms with van der Waals surface area (Å²) in [5, 5.41) is 8.66. The first kappa shape index (κ1) is 29.6. The van der Waals surface area contributed by atoms with Gasteiger partial charge < -0.3 is 5.32 Å². The second-order valence-corrected chi connectivity index (χ2v) is 12.6. The third-order valence-corrected chi connectivity index (χ3v) is 9.52. The van der Waals surface area contributed by atoms with Gasteiger partial charge in [0, 0.05) is 23.9 Å². The summed E-state index contributed by atoms with van der Waals surface area (Å²) in [6, 6.07) is 23.0. The van der Waals surface area contributed by atoms with Gasteiger partial charge in [0.2, 0.25) is 0 Å². The number of fused-ring (bicyclic) bond motifs is 3. The zero-order valence-electron chi connectivity index (χ0n) is 27.3. The number of nitrogens with one attached hydrogen (secondary N) is 1. The van der Waals surface area contributed by atoms with Crippen molar-refractivity contribution in [3.05, 3.63) is 185 Å². The van der Waals surface area contributed by atoms with Crippen LogP contribution in [0.4, 0.5) is 0 Å². The van der Waals surface area contributed by atoms with Crippen LogP contribution in [0.5, 0.6) is 0 Å². The summed E-state index contributed by atoms with van der Waals surface area (Å²) in [6.07, 6.45) is 36.3. The second kappa shape index (κ2) is 13.1. The third kappa shape index (κ3) is 5.57. The zero-order valence-corrected chi connectivity index (χ0v) is 27.3. The molecule has 0 atom stereocenters. The molecule has 48 heavy (non-hydrogen) atoms. The Morgan fingerprint density at radius 1 is 0.792 bits per heavy atom. The molecule has 0 aromatic heterocycles. The van der Waals surface area contributed by atoms with Gasteiger partial charge in [-0.2, -0.15) is 0 Å². The Hall–Kier alpha value is -5.84. The minimum absolute atomic E-state index is 0.753. The Kier molecular flexibility index (Phi) is 8.07. The molecule has 230 valence electrons. The van der Waals surface area contributed by atoms with E-state index in [0.717, 1.165) is 25.7 Å². The van der Waals surface area contributed by atoms with Gasteiger partial charge in [-0.15, -0.1) is 0 Å². The van der Waals surface area contributed by atoms with Crippen molar-refractivity contribution in [3.8, 4) is 23.0 Å². The Morgan fingerprint density at radius 3 is 2.46 bits per heavy atom. The molecule has 0 saturated carbocycles. The standard InChI is InChI=1S/C47H37N/c1-2-15-38(30-33-16-6-3-7-17-33)46-42-23-13-12-22-41(42)45(39-26-25-34-18-8-4-11-21-36(34)31-39)43-28-27-37(32-44(43)46)40-24-14-29-48-47(40)35-19-9-5-10-20-35/h3,5-10,12-16,18-19,22-32,48H,2,17,20-21H2,1H3/b33-30-,38-15+,47-35-. The van der Waals surface area contributed by atoms with E-state index in [0.29, 0.717) is 0 Å². The first-order chi connectivity index (χ1) is 23.8. The smallest absolute Gasteiger partial charge is 0.0495 e. The first-order valence-electron chi connectivity index (χ1n) is 17.0. The van der Waals surface area contributed by atoms with Crippen molar-refractivity contribution in [1.82, 2.24) is 5.32 Å². The Balaban J connectivity index is 1.43. The van der Waals surface area contributed by atoms with Crippen LogP contribution in [0.25, 0.3) is 49.9 Å². The minimum Gasteiger partial charge on any atom is -0.361 e. The van der Waals surface area contributed by atoms with Crippen LogP contribution in [0, 0.1) is 11.8 Å². The molecule has 1 nitrogen and oxygen atoms in total. The van der Waals surface area contributed by atoms with Crippen molar-refractivity contribution in [2.24, 2.45) is 0 Å². The van der Waals surface area contributed by atoms with Gasteiger partial charge in [-0.05, 0) is 121 Å².